The van der Waals surface area contributed by atoms with E-state index in [1.807, 2.05) is 7.05 Å². The number of rotatable bonds is 1. The second kappa shape index (κ2) is 4.25. The van der Waals surface area contributed by atoms with Crippen LogP contribution in [0.3, 0.4) is 0 Å². The number of nitrogens with zero attached hydrogens (tertiary/aromatic N) is 2. The first-order chi connectivity index (χ1) is 7.58. The number of piperazine rings is 1. The van der Waals surface area contributed by atoms with E-state index < -0.39 is 17.4 Å². The first-order valence-electron chi connectivity index (χ1n) is 5.19. The van der Waals surface area contributed by atoms with Gasteiger partial charge in [0.2, 0.25) is 0 Å². The SMILES string of the molecule is CN1CCN(c2cc(F)c(O)cc2F)CC1. The third-order valence-electron chi connectivity index (χ3n) is 2.86. The molecule has 1 aromatic carbocycles. The molecule has 3 nitrogen and oxygen atoms in total. The lowest BCUT2D eigenvalue weighted by atomic mass is 10.2. The van der Waals surface area contributed by atoms with Gasteiger partial charge in [0.15, 0.2) is 11.6 Å². The van der Waals surface area contributed by atoms with E-state index in [9.17, 15) is 8.78 Å². The number of hydrogen-bond acceptors (Lipinski definition) is 3. The van der Waals surface area contributed by atoms with Crippen LogP contribution in [0.2, 0.25) is 0 Å². The number of aromatic hydroxyl groups is 1. The minimum atomic E-state index is -0.782. The lowest BCUT2D eigenvalue weighted by molar-refractivity contribution is 0.311. The van der Waals surface area contributed by atoms with Crippen LogP contribution >= 0.6 is 0 Å². The van der Waals surface area contributed by atoms with Crippen LogP contribution in [0.15, 0.2) is 12.1 Å². The first-order valence-corrected chi connectivity index (χ1v) is 5.19. The van der Waals surface area contributed by atoms with E-state index in [1.54, 1.807) is 4.90 Å². The molecule has 1 aromatic rings. The number of phenolic OH excluding ortho intramolecular Hbond substituents is 1. The Kier molecular flexibility index (Phi) is 2.96. The summed E-state index contributed by atoms with van der Waals surface area (Å²) in [5.74, 6) is -2.01. The predicted molar refractivity (Wildman–Crippen MR) is 57.7 cm³/mol. The maximum atomic E-state index is 13.5. The molecule has 1 saturated heterocycles. The molecule has 5 heteroatoms. The largest absolute Gasteiger partial charge is 0.505 e. The van der Waals surface area contributed by atoms with Gasteiger partial charge in [0.25, 0.3) is 0 Å². The normalized spacial score (nSPS) is 17.8. The van der Waals surface area contributed by atoms with Gasteiger partial charge in [-0.05, 0) is 7.05 Å². The minimum absolute atomic E-state index is 0.225. The monoisotopic (exact) mass is 228 g/mol. The lowest BCUT2D eigenvalue weighted by Gasteiger charge is -2.34. The molecule has 0 saturated carbocycles. The highest BCUT2D eigenvalue weighted by atomic mass is 19.1. The summed E-state index contributed by atoms with van der Waals surface area (Å²) in [6.45, 7) is 2.97. The molecule has 0 aliphatic carbocycles. The third kappa shape index (κ3) is 2.09. The van der Waals surface area contributed by atoms with Gasteiger partial charge < -0.3 is 14.9 Å². The van der Waals surface area contributed by atoms with Crippen LogP contribution in [-0.2, 0) is 0 Å². The highest BCUT2D eigenvalue weighted by Crippen LogP contribution is 2.27. The summed E-state index contributed by atoms with van der Waals surface area (Å²) in [6, 6.07) is 1.87. The summed E-state index contributed by atoms with van der Waals surface area (Å²) in [5, 5.41) is 9.02. The number of halogens is 2. The Labute approximate surface area is 92.9 Å². The summed E-state index contributed by atoms with van der Waals surface area (Å²) in [6.07, 6.45) is 0. The number of anilines is 1. The molecule has 1 aliphatic heterocycles. The van der Waals surface area contributed by atoms with Gasteiger partial charge in [0.1, 0.15) is 5.82 Å². The van der Waals surface area contributed by atoms with Gasteiger partial charge in [-0.1, -0.05) is 0 Å². The zero-order chi connectivity index (χ0) is 11.7. The van der Waals surface area contributed by atoms with Crippen molar-refractivity contribution in [3.8, 4) is 5.75 Å². The molecule has 1 aliphatic rings. The lowest BCUT2D eigenvalue weighted by Crippen LogP contribution is -2.44. The fraction of sp³-hybridized carbons (Fsp3) is 0.455. The van der Waals surface area contributed by atoms with Crippen molar-refractivity contribution in [2.24, 2.45) is 0 Å². The van der Waals surface area contributed by atoms with Crippen molar-refractivity contribution in [3.63, 3.8) is 0 Å². The minimum Gasteiger partial charge on any atom is -0.505 e. The molecule has 0 bridgehead atoms. The van der Waals surface area contributed by atoms with Crippen LogP contribution in [0.25, 0.3) is 0 Å². The quantitative estimate of drug-likeness (QED) is 0.787. The van der Waals surface area contributed by atoms with Gasteiger partial charge in [0, 0.05) is 38.3 Å². The molecule has 16 heavy (non-hydrogen) atoms. The van der Waals surface area contributed by atoms with Gasteiger partial charge >= 0.3 is 0 Å². The molecule has 1 heterocycles. The molecule has 0 unspecified atom stereocenters. The summed E-state index contributed by atoms with van der Waals surface area (Å²) >= 11 is 0. The van der Waals surface area contributed by atoms with Crippen molar-refractivity contribution < 1.29 is 13.9 Å². The van der Waals surface area contributed by atoms with Crippen LogP contribution in [0.1, 0.15) is 0 Å². The van der Waals surface area contributed by atoms with E-state index in [4.69, 9.17) is 5.11 Å². The van der Waals surface area contributed by atoms with E-state index >= 15 is 0 Å². The van der Waals surface area contributed by atoms with Crippen molar-refractivity contribution >= 4 is 5.69 Å². The Morgan fingerprint density at radius 1 is 1.06 bits per heavy atom. The predicted octanol–water partition coefficient (Wildman–Crippen LogP) is 1.42. The summed E-state index contributed by atoms with van der Waals surface area (Å²) in [7, 11) is 1.99. The van der Waals surface area contributed by atoms with E-state index in [1.165, 1.54) is 0 Å². The van der Waals surface area contributed by atoms with Crippen LogP contribution in [-0.4, -0.2) is 43.2 Å². The summed E-state index contributed by atoms with van der Waals surface area (Å²) < 4.78 is 26.7. The maximum Gasteiger partial charge on any atom is 0.167 e. The fourth-order valence-corrected chi connectivity index (χ4v) is 1.82. The fourth-order valence-electron chi connectivity index (χ4n) is 1.82. The van der Waals surface area contributed by atoms with Gasteiger partial charge in [-0.2, -0.15) is 0 Å². The summed E-state index contributed by atoms with van der Waals surface area (Å²) in [5.41, 5.74) is 0.225. The second-order valence-electron chi connectivity index (χ2n) is 4.05. The van der Waals surface area contributed by atoms with E-state index in [-0.39, 0.29) is 5.69 Å². The first kappa shape index (κ1) is 11.1. The molecule has 88 valence electrons. The molecule has 1 N–H and O–H groups in total. The molecule has 0 atom stereocenters. The topological polar surface area (TPSA) is 26.7 Å². The van der Waals surface area contributed by atoms with Crippen molar-refractivity contribution in [2.45, 2.75) is 0 Å². The highest BCUT2D eigenvalue weighted by molar-refractivity contribution is 5.51. The molecule has 0 spiro atoms. The molecular formula is C11H14F2N2O. The molecular weight excluding hydrogens is 214 g/mol. The average molecular weight is 228 g/mol. The number of likely N-dealkylation sites (N-methyl/N-ethyl adjacent to an activating group) is 1. The van der Waals surface area contributed by atoms with Crippen molar-refractivity contribution in [1.29, 1.82) is 0 Å². The van der Waals surface area contributed by atoms with Crippen molar-refractivity contribution in [2.75, 3.05) is 38.1 Å². The Balaban J connectivity index is 2.23. The number of hydrogen-bond donors (Lipinski definition) is 1. The Hall–Kier alpha value is -1.36. The average Bonchev–Trinajstić information content (AvgIpc) is 2.25. The molecule has 0 amide bonds. The van der Waals surface area contributed by atoms with Gasteiger partial charge in [-0.3, -0.25) is 0 Å². The van der Waals surface area contributed by atoms with Crippen LogP contribution in [0.5, 0.6) is 5.75 Å². The Morgan fingerprint density at radius 3 is 2.31 bits per heavy atom. The standard InChI is InChI=1S/C11H14F2N2O/c1-14-2-4-15(5-3-14)10-6-9(13)11(16)7-8(10)12/h6-7,16H,2-5H2,1H3. The molecule has 0 aromatic heterocycles. The van der Waals surface area contributed by atoms with Gasteiger partial charge in [-0.25, -0.2) is 8.78 Å². The zero-order valence-corrected chi connectivity index (χ0v) is 9.08. The number of benzene rings is 1. The van der Waals surface area contributed by atoms with E-state index in [2.05, 4.69) is 4.90 Å². The molecule has 0 radical (unpaired) electrons. The van der Waals surface area contributed by atoms with Crippen LogP contribution in [0, 0.1) is 11.6 Å². The van der Waals surface area contributed by atoms with E-state index in [0.717, 1.165) is 25.2 Å². The summed E-state index contributed by atoms with van der Waals surface area (Å²) in [4.78, 5) is 3.92. The number of phenols is 1. The highest BCUT2D eigenvalue weighted by Gasteiger charge is 2.19. The molecule has 2 rings (SSSR count). The Morgan fingerprint density at radius 2 is 1.69 bits per heavy atom. The van der Waals surface area contributed by atoms with Crippen LogP contribution < -0.4 is 4.90 Å². The third-order valence-corrected chi connectivity index (χ3v) is 2.86. The van der Waals surface area contributed by atoms with Crippen LogP contribution in [0.4, 0.5) is 14.5 Å². The van der Waals surface area contributed by atoms with Gasteiger partial charge in [-0.15, -0.1) is 0 Å². The zero-order valence-electron chi connectivity index (χ0n) is 9.08. The Bertz CT molecular complexity index is 390. The smallest absolute Gasteiger partial charge is 0.167 e. The van der Waals surface area contributed by atoms with Gasteiger partial charge in [0.05, 0.1) is 5.69 Å². The second-order valence-corrected chi connectivity index (χ2v) is 4.05. The van der Waals surface area contributed by atoms with Crippen molar-refractivity contribution in [3.05, 3.63) is 23.8 Å². The maximum absolute atomic E-state index is 13.5. The molecule has 1 fully saturated rings. The van der Waals surface area contributed by atoms with Crippen molar-refractivity contribution in [1.82, 2.24) is 4.90 Å². The van der Waals surface area contributed by atoms with E-state index in [0.29, 0.717) is 13.1 Å².